The molecule has 1 atom stereocenters. The largest absolute Gasteiger partial charge is 0.462 e. The molecule has 0 aliphatic carbocycles. The van der Waals surface area contributed by atoms with E-state index in [1.54, 1.807) is 0 Å². The van der Waals surface area contributed by atoms with Gasteiger partial charge in [-0.3, -0.25) is 9.59 Å². The molecule has 0 spiro atoms. The van der Waals surface area contributed by atoms with E-state index in [4.69, 9.17) is 14.2 Å². The van der Waals surface area contributed by atoms with Crippen LogP contribution in [0, 0.1) is 0 Å². The molecule has 1 unspecified atom stereocenters. The maximum absolute atomic E-state index is 12.8. The molecular weight excluding hydrogens is 789 g/mol. The summed E-state index contributed by atoms with van der Waals surface area (Å²) in [5, 5.41) is 0. The van der Waals surface area contributed by atoms with Gasteiger partial charge in [-0.2, -0.15) is 0 Å². The SMILES string of the molecule is CC/C=C\C/C=C\C/C=C\C/C=C\C/C=C\CCCCCC(=O)OCC(COCCCCCC/C=C\C/C=C\C/C=C\CC)OC(=O)CCCCCCC/C=C\C/C=C\CCCCC. The standard InChI is InChI=1S/C59H96O5/c1-4-7-10-13-16-19-22-25-28-29-30-31-33-34-37-40-43-46-49-52-58(60)63-56-57(55-62-54-51-48-45-42-39-36-27-24-21-18-15-12-9-6-3)64-59(61)53-50-47-44-41-38-35-32-26-23-20-17-14-11-8-5-2/h7,9-10,12,16-21,25-28,30-32,34,36-37,57H,4-6,8,11,13-15,22-24,29,33,35,38-56H2,1-3H3/b10-7-,12-9-,19-16-,20-17-,21-18-,28-25-,31-30-,32-26-,36-27-,37-34-. The second-order valence-electron chi connectivity index (χ2n) is 16.7. The molecule has 5 heteroatoms. The summed E-state index contributed by atoms with van der Waals surface area (Å²) in [5.74, 6) is -0.471. The van der Waals surface area contributed by atoms with Crippen molar-refractivity contribution in [1.29, 1.82) is 0 Å². The molecule has 0 amide bonds. The average molecular weight is 885 g/mol. The van der Waals surface area contributed by atoms with Gasteiger partial charge in [0.05, 0.1) is 6.61 Å². The maximum atomic E-state index is 12.8. The zero-order chi connectivity index (χ0) is 46.3. The van der Waals surface area contributed by atoms with Crippen LogP contribution in [0.2, 0.25) is 0 Å². The smallest absolute Gasteiger partial charge is 0.306 e. The lowest BCUT2D eigenvalue weighted by atomic mass is 10.1. The molecule has 0 saturated carbocycles. The second kappa shape index (κ2) is 53.6. The van der Waals surface area contributed by atoms with E-state index in [1.807, 2.05) is 0 Å². The van der Waals surface area contributed by atoms with Crippen molar-refractivity contribution in [3.8, 4) is 0 Å². The van der Waals surface area contributed by atoms with Gasteiger partial charge in [-0.15, -0.1) is 0 Å². The highest BCUT2D eigenvalue weighted by atomic mass is 16.6. The minimum Gasteiger partial charge on any atom is -0.462 e. The van der Waals surface area contributed by atoms with E-state index in [9.17, 15) is 9.59 Å². The summed E-state index contributed by atoms with van der Waals surface area (Å²) < 4.78 is 17.3. The molecule has 0 aliphatic heterocycles. The highest BCUT2D eigenvalue weighted by Gasteiger charge is 2.17. The van der Waals surface area contributed by atoms with E-state index in [2.05, 4.69) is 142 Å². The zero-order valence-corrected chi connectivity index (χ0v) is 41.5. The minimum atomic E-state index is -0.577. The summed E-state index contributed by atoms with van der Waals surface area (Å²) in [4.78, 5) is 25.4. The first-order valence-corrected chi connectivity index (χ1v) is 26.1. The van der Waals surface area contributed by atoms with Gasteiger partial charge in [0.25, 0.3) is 0 Å². The highest BCUT2D eigenvalue weighted by Crippen LogP contribution is 2.12. The Bertz CT molecular complexity index is 1320. The van der Waals surface area contributed by atoms with Gasteiger partial charge in [0.2, 0.25) is 0 Å². The zero-order valence-electron chi connectivity index (χ0n) is 41.5. The van der Waals surface area contributed by atoms with Crippen molar-refractivity contribution in [2.24, 2.45) is 0 Å². The minimum absolute atomic E-state index is 0.0454. The molecular formula is C59H96O5. The van der Waals surface area contributed by atoms with Crippen LogP contribution in [0.3, 0.4) is 0 Å². The fourth-order valence-electron chi connectivity index (χ4n) is 6.64. The molecule has 0 bridgehead atoms. The van der Waals surface area contributed by atoms with Crippen molar-refractivity contribution in [3.63, 3.8) is 0 Å². The summed E-state index contributed by atoms with van der Waals surface area (Å²) in [6.07, 6.45) is 74.9. The van der Waals surface area contributed by atoms with E-state index in [1.165, 1.54) is 44.9 Å². The average Bonchev–Trinajstić information content (AvgIpc) is 3.30. The summed E-state index contributed by atoms with van der Waals surface area (Å²) >= 11 is 0. The van der Waals surface area contributed by atoms with Crippen LogP contribution >= 0.6 is 0 Å². The Morgan fingerprint density at radius 3 is 1.14 bits per heavy atom. The molecule has 0 saturated heterocycles. The van der Waals surface area contributed by atoms with Crippen LogP contribution in [0.25, 0.3) is 0 Å². The third kappa shape index (κ3) is 50.9. The molecule has 0 aliphatic rings. The van der Waals surface area contributed by atoms with Crippen LogP contribution in [0.5, 0.6) is 0 Å². The van der Waals surface area contributed by atoms with Crippen LogP contribution in [0.15, 0.2) is 122 Å². The normalized spacial score (nSPS) is 13.2. The fraction of sp³-hybridized carbons (Fsp3) is 0.627. The first kappa shape index (κ1) is 60.3. The fourth-order valence-corrected chi connectivity index (χ4v) is 6.64. The molecule has 362 valence electrons. The van der Waals surface area contributed by atoms with Gasteiger partial charge in [-0.05, 0) is 128 Å². The van der Waals surface area contributed by atoms with Crippen molar-refractivity contribution >= 4 is 11.9 Å². The summed E-state index contributed by atoms with van der Waals surface area (Å²) in [6.45, 7) is 7.46. The summed E-state index contributed by atoms with van der Waals surface area (Å²) in [5.41, 5.74) is 0. The Morgan fingerprint density at radius 1 is 0.359 bits per heavy atom. The molecule has 0 fully saturated rings. The molecule has 0 rings (SSSR count). The molecule has 0 radical (unpaired) electrons. The lowest BCUT2D eigenvalue weighted by Crippen LogP contribution is -2.30. The first-order chi connectivity index (χ1) is 31.6. The lowest BCUT2D eigenvalue weighted by molar-refractivity contribution is -0.163. The Hall–Kier alpha value is -3.70. The van der Waals surface area contributed by atoms with Crippen molar-refractivity contribution in [1.82, 2.24) is 0 Å². The van der Waals surface area contributed by atoms with E-state index in [0.29, 0.717) is 19.4 Å². The van der Waals surface area contributed by atoms with Gasteiger partial charge in [-0.25, -0.2) is 0 Å². The second-order valence-corrected chi connectivity index (χ2v) is 16.7. The van der Waals surface area contributed by atoms with Crippen molar-refractivity contribution in [2.75, 3.05) is 19.8 Å². The molecule has 0 aromatic heterocycles. The number of hydrogen-bond donors (Lipinski definition) is 0. The van der Waals surface area contributed by atoms with E-state index >= 15 is 0 Å². The van der Waals surface area contributed by atoms with Crippen molar-refractivity contribution in [3.05, 3.63) is 122 Å². The lowest BCUT2D eigenvalue weighted by Gasteiger charge is -2.18. The van der Waals surface area contributed by atoms with Crippen LogP contribution in [0.4, 0.5) is 0 Å². The monoisotopic (exact) mass is 885 g/mol. The van der Waals surface area contributed by atoms with Crippen molar-refractivity contribution in [2.45, 2.75) is 219 Å². The quantitative estimate of drug-likeness (QED) is 0.0346. The Kier molecular flexibility index (Phi) is 50.5. The van der Waals surface area contributed by atoms with Crippen LogP contribution in [-0.4, -0.2) is 37.9 Å². The molecule has 5 nitrogen and oxygen atoms in total. The van der Waals surface area contributed by atoms with Gasteiger partial charge in [0, 0.05) is 19.4 Å². The maximum Gasteiger partial charge on any atom is 0.306 e. The Morgan fingerprint density at radius 2 is 0.703 bits per heavy atom. The molecule has 0 aromatic carbocycles. The number of unbranched alkanes of at least 4 members (excludes halogenated alkanes) is 15. The van der Waals surface area contributed by atoms with Gasteiger partial charge < -0.3 is 14.2 Å². The van der Waals surface area contributed by atoms with E-state index < -0.39 is 6.10 Å². The third-order valence-electron chi connectivity index (χ3n) is 10.5. The first-order valence-electron chi connectivity index (χ1n) is 26.1. The number of rotatable bonds is 46. The highest BCUT2D eigenvalue weighted by molar-refractivity contribution is 5.70. The summed E-state index contributed by atoms with van der Waals surface area (Å²) in [6, 6.07) is 0. The Labute approximate surface area is 395 Å². The van der Waals surface area contributed by atoms with Gasteiger partial charge in [-0.1, -0.05) is 194 Å². The topological polar surface area (TPSA) is 61.8 Å². The summed E-state index contributed by atoms with van der Waals surface area (Å²) in [7, 11) is 0. The number of carbonyl (C=O) groups is 2. The van der Waals surface area contributed by atoms with Gasteiger partial charge in [0.1, 0.15) is 6.61 Å². The van der Waals surface area contributed by atoms with Crippen LogP contribution in [0.1, 0.15) is 213 Å². The molecule has 0 heterocycles. The van der Waals surface area contributed by atoms with Crippen LogP contribution in [-0.2, 0) is 23.8 Å². The molecule has 0 aromatic rings. The van der Waals surface area contributed by atoms with E-state index in [0.717, 1.165) is 135 Å². The van der Waals surface area contributed by atoms with Gasteiger partial charge in [0.15, 0.2) is 6.10 Å². The molecule has 64 heavy (non-hydrogen) atoms. The third-order valence-corrected chi connectivity index (χ3v) is 10.5. The number of esters is 2. The number of allylic oxidation sites excluding steroid dienone is 20. The Balaban J connectivity index is 4.41. The van der Waals surface area contributed by atoms with Crippen molar-refractivity contribution < 1.29 is 23.8 Å². The van der Waals surface area contributed by atoms with E-state index in [-0.39, 0.29) is 25.2 Å². The number of carbonyl (C=O) groups excluding carboxylic acids is 2. The van der Waals surface area contributed by atoms with Crippen LogP contribution < -0.4 is 0 Å². The molecule has 0 N–H and O–H groups in total. The predicted molar refractivity (Wildman–Crippen MR) is 279 cm³/mol. The predicted octanol–water partition coefficient (Wildman–Crippen LogP) is 17.8. The van der Waals surface area contributed by atoms with Gasteiger partial charge >= 0.3 is 11.9 Å². The number of hydrogen-bond acceptors (Lipinski definition) is 5. The number of ether oxygens (including phenoxy) is 3.